The Balaban J connectivity index is 2.76. The van der Waals surface area contributed by atoms with Crippen LogP contribution < -0.4 is 14.8 Å². The van der Waals surface area contributed by atoms with Crippen molar-refractivity contribution in [2.24, 2.45) is 5.92 Å². The number of benzene rings is 1. The highest BCUT2D eigenvalue weighted by molar-refractivity contribution is 5.92. The Labute approximate surface area is 132 Å². The van der Waals surface area contributed by atoms with Gasteiger partial charge in [-0.2, -0.15) is 0 Å². The zero-order chi connectivity index (χ0) is 16.5. The molecule has 0 saturated heterocycles. The third kappa shape index (κ3) is 5.77. The third-order valence-corrected chi connectivity index (χ3v) is 3.08. The molecule has 0 unspecified atom stereocenters. The molecule has 1 rings (SSSR count). The fourth-order valence-corrected chi connectivity index (χ4v) is 1.98. The van der Waals surface area contributed by atoms with Crippen LogP contribution in [0.4, 0.5) is 5.69 Å². The first-order chi connectivity index (χ1) is 10.5. The van der Waals surface area contributed by atoms with Crippen LogP contribution in [0.1, 0.15) is 20.3 Å². The van der Waals surface area contributed by atoms with Crippen LogP contribution in [0.25, 0.3) is 0 Å². The Bertz CT molecular complexity index is 513. The largest absolute Gasteiger partial charge is 0.493 e. The minimum atomic E-state index is -0.127. The molecule has 22 heavy (non-hydrogen) atoms. The standard InChI is InChI=1S/C17H25NO4/c1-12(2)10-13(3)17(19)18-14-6-7-15(21-5)16(11-14)22-9-8-20-4/h6-7,11,13H,1,8-10H2,2-5H3,(H,18,19)/t13-/m1/s1. The molecule has 5 nitrogen and oxygen atoms in total. The molecule has 0 spiro atoms. The van der Waals surface area contributed by atoms with Crippen LogP contribution in [0.5, 0.6) is 11.5 Å². The molecule has 1 atom stereocenters. The average Bonchev–Trinajstić information content (AvgIpc) is 2.47. The van der Waals surface area contributed by atoms with E-state index in [9.17, 15) is 4.79 Å². The van der Waals surface area contributed by atoms with Gasteiger partial charge in [-0.1, -0.05) is 12.5 Å². The maximum absolute atomic E-state index is 12.1. The van der Waals surface area contributed by atoms with Gasteiger partial charge in [-0.05, 0) is 25.5 Å². The van der Waals surface area contributed by atoms with Crippen molar-refractivity contribution in [3.8, 4) is 11.5 Å². The highest BCUT2D eigenvalue weighted by Crippen LogP contribution is 2.30. The molecular formula is C17H25NO4. The molecule has 1 N–H and O–H groups in total. The topological polar surface area (TPSA) is 56.8 Å². The molecule has 0 radical (unpaired) electrons. The van der Waals surface area contributed by atoms with Gasteiger partial charge in [0.15, 0.2) is 11.5 Å². The van der Waals surface area contributed by atoms with Gasteiger partial charge in [-0.3, -0.25) is 4.79 Å². The van der Waals surface area contributed by atoms with E-state index in [0.717, 1.165) is 5.57 Å². The second-order valence-electron chi connectivity index (χ2n) is 5.26. The summed E-state index contributed by atoms with van der Waals surface area (Å²) in [6.07, 6.45) is 0.666. The monoisotopic (exact) mass is 307 g/mol. The summed E-state index contributed by atoms with van der Waals surface area (Å²) in [6.45, 7) is 8.52. The van der Waals surface area contributed by atoms with E-state index in [2.05, 4.69) is 11.9 Å². The normalized spacial score (nSPS) is 11.6. The van der Waals surface area contributed by atoms with Crippen molar-refractivity contribution in [2.75, 3.05) is 32.8 Å². The molecule has 1 amide bonds. The van der Waals surface area contributed by atoms with Crippen molar-refractivity contribution >= 4 is 11.6 Å². The SMILES string of the molecule is C=C(C)C[C@@H](C)C(=O)Nc1ccc(OC)c(OCCOC)c1. The number of nitrogens with one attached hydrogen (secondary N) is 1. The van der Waals surface area contributed by atoms with Gasteiger partial charge in [0.25, 0.3) is 0 Å². The number of allylic oxidation sites excluding steroid dienone is 1. The summed E-state index contributed by atoms with van der Waals surface area (Å²) in [5.41, 5.74) is 1.66. The van der Waals surface area contributed by atoms with Crippen LogP contribution in [-0.2, 0) is 9.53 Å². The second kappa shape index (κ2) is 9.10. The fraction of sp³-hybridized carbons (Fsp3) is 0.471. The summed E-state index contributed by atoms with van der Waals surface area (Å²) in [5.74, 6) is 1.02. The summed E-state index contributed by atoms with van der Waals surface area (Å²) in [4.78, 5) is 12.1. The molecule has 1 aromatic carbocycles. The number of methoxy groups -OCH3 is 2. The number of rotatable bonds is 9. The summed E-state index contributed by atoms with van der Waals surface area (Å²) in [5, 5.41) is 2.88. The minimum absolute atomic E-state index is 0.0454. The van der Waals surface area contributed by atoms with Crippen LogP contribution in [0, 0.1) is 5.92 Å². The van der Waals surface area contributed by atoms with Crippen LogP contribution in [-0.4, -0.2) is 33.3 Å². The lowest BCUT2D eigenvalue weighted by Gasteiger charge is -2.15. The second-order valence-corrected chi connectivity index (χ2v) is 5.26. The number of carbonyl (C=O) groups excluding carboxylic acids is 1. The zero-order valence-electron chi connectivity index (χ0n) is 13.8. The van der Waals surface area contributed by atoms with Gasteiger partial charge in [-0.15, -0.1) is 6.58 Å². The van der Waals surface area contributed by atoms with E-state index >= 15 is 0 Å². The van der Waals surface area contributed by atoms with Crippen molar-refractivity contribution in [3.05, 3.63) is 30.4 Å². The third-order valence-electron chi connectivity index (χ3n) is 3.08. The number of hydrogen-bond acceptors (Lipinski definition) is 4. The van der Waals surface area contributed by atoms with Gasteiger partial charge < -0.3 is 19.5 Å². The lowest BCUT2D eigenvalue weighted by Crippen LogP contribution is -2.20. The first kappa shape index (κ1) is 18.0. The number of amides is 1. The Morgan fingerprint density at radius 1 is 1.27 bits per heavy atom. The molecule has 0 saturated carbocycles. The zero-order valence-corrected chi connectivity index (χ0v) is 13.8. The summed E-state index contributed by atoms with van der Waals surface area (Å²) >= 11 is 0. The minimum Gasteiger partial charge on any atom is -0.493 e. The molecule has 5 heteroatoms. The predicted molar refractivity (Wildman–Crippen MR) is 87.6 cm³/mol. The molecule has 0 aliphatic rings. The highest BCUT2D eigenvalue weighted by Gasteiger charge is 2.14. The smallest absolute Gasteiger partial charge is 0.227 e. The van der Waals surface area contributed by atoms with E-state index in [-0.39, 0.29) is 11.8 Å². The van der Waals surface area contributed by atoms with Gasteiger partial charge in [0.2, 0.25) is 5.91 Å². The van der Waals surface area contributed by atoms with E-state index < -0.39 is 0 Å². The number of carbonyl (C=O) groups is 1. The predicted octanol–water partition coefficient (Wildman–Crippen LogP) is 3.26. The van der Waals surface area contributed by atoms with Gasteiger partial charge in [0.05, 0.1) is 13.7 Å². The van der Waals surface area contributed by atoms with Gasteiger partial charge >= 0.3 is 0 Å². The van der Waals surface area contributed by atoms with E-state index in [4.69, 9.17) is 14.2 Å². The van der Waals surface area contributed by atoms with Crippen LogP contribution in [0.2, 0.25) is 0 Å². The maximum atomic E-state index is 12.1. The first-order valence-corrected chi connectivity index (χ1v) is 7.23. The van der Waals surface area contributed by atoms with Crippen LogP contribution in [0.15, 0.2) is 30.4 Å². The fourth-order valence-electron chi connectivity index (χ4n) is 1.98. The molecule has 0 aromatic heterocycles. The quantitative estimate of drug-likeness (QED) is 0.562. The van der Waals surface area contributed by atoms with Crippen molar-refractivity contribution in [1.82, 2.24) is 0 Å². The van der Waals surface area contributed by atoms with Crippen LogP contribution >= 0.6 is 0 Å². The van der Waals surface area contributed by atoms with E-state index in [1.54, 1.807) is 32.4 Å². The Morgan fingerprint density at radius 2 is 2.00 bits per heavy atom. The average molecular weight is 307 g/mol. The molecule has 0 fully saturated rings. The van der Waals surface area contributed by atoms with Crippen molar-refractivity contribution < 1.29 is 19.0 Å². The number of anilines is 1. The molecule has 0 heterocycles. The van der Waals surface area contributed by atoms with E-state index in [1.807, 2.05) is 13.8 Å². The molecular weight excluding hydrogens is 282 g/mol. The Morgan fingerprint density at radius 3 is 2.59 bits per heavy atom. The number of ether oxygens (including phenoxy) is 3. The highest BCUT2D eigenvalue weighted by atomic mass is 16.5. The molecule has 1 aromatic rings. The maximum Gasteiger partial charge on any atom is 0.227 e. The summed E-state index contributed by atoms with van der Waals surface area (Å²) < 4.78 is 15.8. The van der Waals surface area contributed by atoms with Crippen LogP contribution in [0.3, 0.4) is 0 Å². The van der Waals surface area contributed by atoms with Gasteiger partial charge in [0, 0.05) is 24.8 Å². The van der Waals surface area contributed by atoms with Crippen molar-refractivity contribution in [1.29, 1.82) is 0 Å². The Hall–Kier alpha value is -2.01. The molecule has 122 valence electrons. The van der Waals surface area contributed by atoms with Gasteiger partial charge in [0.1, 0.15) is 6.61 Å². The number of hydrogen-bond donors (Lipinski definition) is 1. The molecule has 0 bridgehead atoms. The van der Waals surface area contributed by atoms with Crippen molar-refractivity contribution in [2.45, 2.75) is 20.3 Å². The first-order valence-electron chi connectivity index (χ1n) is 7.23. The van der Waals surface area contributed by atoms with Crippen molar-refractivity contribution in [3.63, 3.8) is 0 Å². The summed E-state index contributed by atoms with van der Waals surface area (Å²) in [6, 6.07) is 5.30. The molecule has 0 aliphatic carbocycles. The Kier molecular flexibility index (Phi) is 7.46. The van der Waals surface area contributed by atoms with Gasteiger partial charge in [-0.25, -0.2) is 0 Å². The van der Waals surface area contributed by atoms with E-state index in [0.29, 0.717) is 36.8 Å². The molecule has 0 aliphatic heterocycles. The lowest BCUT2D eigenvalue weighted by atomic mass is 10.0. The lowest BCUT2D eigenvalue weighted by molar-refractivity contribution is -0.119. The van der Waals surface area contributed by atoms with E-state index in [1.165, 1.54) is 0 Å². The summed E-state index contributed by atoms with van der Waals surface area (Å²) in [7, 11) is 3.19.